The highest BCUT2D eigenvalue weighted by Crippen LogP contribution is 2.18. The minimum absolute atomic E-state index is 0.0729. The Morgan fingerprint density at radius 1 is 1.57 bits per heavy atom. The monoisotopic (exact) mass is 312 g/mol. The van der Waals surface area contributed by atoms with Crippen molar-refractivity contribution in [3.8, 4) is 0 Å². The van der Waals surface area contributed by atoms with Crippen molar-refractivity contribution >= 4 is 22.4 Å². The van der Waals surface area contributed by atoms with Gasteiger partial charge in [-0.3, -0.25) is 14.6 Å². The number of hydrogen-bond donors (Lipinski definition) is 1. The Morgan fingerprint density at radius 3 is 3.05 bits per heavy atom. The summed E-state index contributed by atoms with van der Waals surface area (Å²) >= 11 is 1.48. The van der Waals surface area contributed by atoms with Crippen LogP contribution in [0.5, 0.6) is 0 Å². The predicted molar refractivity (Wildman–Crippen MR) is 84.6 cm³/mol. The minimum Gasteiger partial charge on any atom is -0.383 e. The average Bonchev–Trinajstić information content (AvgIpc) is 2.84. The first-order valence-corrected chi connectivity index (χ1v) is 8.13. The van der Waals surface area contributed by atoms with E-state index in [1.807, 2.05) is 5.38 Å². The van der Waals surface area contributed by atoms with Crippen LogP contribution in [-0.2, 0) is 16.1 Å². The Kier molecular flexibility index (Phi) is 6.10. The molecular formula is C14H24N4O2S. The zero-order chi connectivity index (χ0) is 15.2. The standard InChI is InChI=1S/C14H24N4O2S/c1-11-8-17(4-5-18(11)6-7-20-3)9-13-10-21-14(16-13)15-12(2)19/h10-11H,4-9H2,1-3H3,(H,15,16,19)/t11-/m0/s1. The summed E-state index contributed by atoms with van der Waals surface area (Å²) in [5.41, 5.74) is 1.03. The lowest BCUT2D eigenvalue weighted by atomic mass is 10.2. The van der Waals surface area contributed by atoms with Gasteiger partial charge in [-0.2, -0.15) is 0 Å². The number of methoxy groups -OCH3 is 1. The zero-order valence-electron chi connectivity index (χ0n) is 13.0. The van der Waals surface area contributed by atoms with E-state index < -0.39 is 0 Å². The number of anilines is 1. The summed E-state index contributed by atoms with van der Waals surface area (Å²) in [5, 5.41) is 5.43. The number of aromatic nitrogens is 1. The number of amides is 1. The summed E-state index contributed by atoms with van der Waals surface area (Å²) in [6.07, 6.45) is 0. The van der Waals surface area contributed by atoms with Crippen LogP contribution in [0.3, 0.4) is 0 Å². The van der Waals surface area contributed by atoms with Crippen molar-refractivity contribution in [1.29, 1.82) is 0 Å². The Hall–Kier alpha value is -1.02. The van der Waals surface area contributed by atoms with Crippen molar-refractivity contribution in [2.75, 3.05) is 45.2 Å². The van der Waals surface area contributed by atoms with E-state index in [1.54, 1.807) is 7.11 Å². The molecule has 1 aliphatic rings. The van der Waals surface area contributed by atoms with Gasteiger partial charge in [0.25, 0.3) is 0 Å². The van der Waals surface area contributed by atoms with Gasteiger partial charge in [0.1, 0.15) is 0 Å². The molecule has 1 aromatic rings. The molecule has 1 amide bonds. The highest BCUT2D eigenvalue weighted by molar-refractivity contribution is 7.13. The van der Waals surface area contributed by atoms with E-state index in [4.69, 9.17) is 4.74 Å². The summed E-state index contributed by atoms with van der Waals surface area (Å²) in [5.74, 6) is -0.0729. The molecule has 0 spiro atoms. The number of nitrogens with zero attached hydrogens (tertiary/aromatic N) is 3. The third-order valence-electron chi connectivity index (χ3n) is 3.65. The molecule has 1 saturated heterocycles. The van der Waals surface area contributed by atoms with Crippen molar-refractivity contribution in [3.05, 3.63) is 11.1 Å². The Morgan fingerprint density at radius 2 is 2.38 bits per heavy atom. The fourth-order valence-electron chi connectivity index (χ4n) is 2.57. The summed E-state index contributed by atoms with van der Waals surface area (Å²) in [6, 6.07) is 0.530. The molecule has 1 aliphatic heterocycles. The van der Waals surface area contributed by atoms with Gasteiger partial charge in [-0.05, 0) is 6.92 Å². The molecule has 0 radical (unpaired) electrons. The fourth-order valence-corrected chi connectivity index (χ4v) is 3.32. The van der Waals surface area contributed by atoms with Crippen molar-refractivity contribution in [3.63, 3.8) is 0 Å². The molecule has 1 fully saturated rings. The molecule has 0 aliphatic carbocycles. The van der Waals surface area contributed by atoms with Gasteiger partial charge in [-0.25, -0.2) is 4.98 Å². The summed E-state index contributed by atoms with van der Waals surface area (Å²) in [6.45, 7) is 9.53. The van der Waals surface area contributed by atoms with Gasteiger partial charge in [-0.15, -0.1) is 11.3 Å². The second-order valence-corrected chi connectivity index (χ2v) is 6.30. The lowest BCUT2D eigenvalue weighted by molar-refractivity contribution is -0.114. The molecule has 0 bridgehead atoms. The molecule has 118 valence electrons. The van der Waals surface area contributed by atoms with Crippen LogP contribution in [0.1, 0.15) is 19.5 Å². The van der Waals surface area contributed by atoms with Gasteiger partial charge < -0.3 is 10.1 Å². The van der Waals surface area contributed by atoms with E-state index in [1.165, 1.54) is 18.3 Å². The van der Waals surface area contributed by atoms with Crippen molar-refractivity contribution < 1.29 is 9.53 Å². The Labute approximate surface area is 130 Å². The summed E-state index contributed by atoms with van der Waals surface area (Å²) in [4.78, 5) is 20.3. The number of nitrogens with one attached hydrogen (secondary N) is 1. The van der Waals surface area contributed by atoms with Gasteiger partial charge in [0.05, 0.1) is 12.3 Å². The number of rotatable bonds is 6. The Balaban J connectivity index is 1.82. The first kappa shape index (κ1) is 16.4. The molecule has 1 N–H and O–H groups in total. The second-order valence-electron chi connectivity index (χ2n) is 5.44. The van der Waals surface area contributed by atoms with Gasteiger partial charge in [0.15, 0.2) is 5.13 Å². The van der Waals surface area contributed by atoms with Crippen LogP contribution in [0.2, 0.25) is 0 Å². The minimum atomic E-state index is -0.0729. The van der Waals surface area contributed by atoms with Crippen LogP contribution in [0.25, 0.3) is 0 Å². The number of thiazole rings is 1. The number of ether oxygens (including phenoxy) is 1. The highest BCUT2D eigenvalue weighted by Gasteiger charge is 2.23. The number of carbonyl (C=O) groups excluding carboxylic acids is 1. The largest absolute Gasteiger partial charge is 0.383 e. The molecule has 0 unspecified atom stereocenters. The van der Waals surface area contributed by atoms with Gasteiger partial charge in [-0.1, -0.05) is 0 Å². The van der Waals surface area contributed by atoms with Crippen LogP contribution >= 0.6 is 11.3 Å². The lowest BCUT2D eigenvalue weighted by Gasteiger charge is -2.39. The quantitative estimate of drug-likeness (QED) is 0.857. The van der Waals surface area contributed by atoms with Gasteiger partial charge >= 0.3 is 0 Å². The summed E-state index contributed by atoms with van der Waals surface area (Å²) < 4.78 is 5.15. The van der Waals surface area contributed by atoms with E-state index in [2.05, 4.69) is 27.0 Å². The number of hydrogen-bond acceptors (Lipinski definition) is 6. The predicted octanol–water partition coefficient (Wildman–Crippen LogP) is 1.25. The topological polar surface area (TPSA) is 57.7 Å². The van der Waals surface area contributed by atoms with E-state index in [0.29, 0.717) is 11.2 Å². The normalized spacial score (nSPS) is 20.6. The number of piperazine rings is 1. The molecule has 2 heterocycles. The van der Waals surface area contributed by atoms with Crippen LogP contribution in [0.15, 0.2) is 5.38 Å². The maximum absolute atomic E-state index is 11.0. The van der Waals surface area contributed by atoms with E-state index in [0.717, 1.165) is 45.0 Å². The molecule has 1 aromatic heterocycles. The molecule has 21 heavy (non-hydrogen) atoms. The Bertz CT molecular complexity index is 466. The maximum atomic E-state index is 11.0. The average molecular weight is 312 g/mol. The third-order valence-corrected chi connectivity index (χ3v) is 4.46. The second kappa shape index (κ2) is 7.84. The first-order valence-electron chi connectivity index (χ1n) is 7.26. The highest BCUT2D eigenvalue weighted by atomic mass is 32.1. The van der Waals surface area contributed by atoms with Crippen LogP contribution in [0, 0.1) is 0 Å². The summed E-state index contributed by atoms with van der Waals surface area (Å²) in [7, 11) is 1.75. The smallest absolute Gasteiger partial charge is 0.223 e. The molecule has 0 saturated carbocycles. The van der Waals surface area contributed by atoms with Crippen molar-refractivity contribution in [2.24, 2.45) is 0 Å². The van der Waals surface area contributed by atoms with E-state index in [9.17, 15) is 4.79 Å². The van der Waals surface area contributed by atoms with Crippen LogP contribution < -0.4 is 5.32 Å². The maximum Gasteiger partial charge on any atom is 0.223 e. The number of carbonyl (C=O) groups is 1. The van der Waals surface area contributed by atoms with Gasteiger partial charge in [0, 0.05) is 58.2 Å². The SMILES string of the molecule is COCCN1CCN(Cc2csc(NC(C)=O)n2)C[C@@H]1C. The third kappa shape index (κ3) is 5.03. The molecular weight excluding hydrogens is 288 g/mol. The van der Waals surface area contributed by atoms with Crippen molar-refractivity contribution in [1.82, 2.24) is 14.8 Å². The first-order chi connectivity index (χ1) is 10.1. The molecule has 7 heteroatoms. The van der Waals surface area contributed by atoms with Crippen LogP contribution in [-0.4, -0.2) is 66.6 Å². The molecule has 6 nitrogen and oxygen atoms in total. The molecule has 2 rings (SSSR count). The molecule has 0 aromatic carbocycles. The van der Waals surface area contributed by atoms with E-state index in [-0.39, 0.29) is 5.91 Å². The van der Waals surface area contributed by atoms with Gasteiger partial charge in [0.2, 0.25) is 5.91 Å². The van der Waals surface area contributed by atoms with Crippen molar-refractivity contribution in [2.45, 2.75) is 26.4 Å². The fraction of sp³-hybridized carbons (Fsp3) is 0.714. The zero-order valence-corrected chi connectivity index (χ0v) is 13.8. The van der Waals surface area contributed by atoms with Crippen LogP contribution in [0.4, 0.5) is 5.13 Å². The van der Waals surface area contributed by atoms with E-state index >= 15 is 0 Å². The lowest BCUT2D eigenvalue weighted by Crippen LogP contribution is -2.52. The molecule has 1 atom stereocenters.